The number of hydrogen-bond donors (Lipinski definition) is 3. The van der Waals surface area contributed by atoms with Crippen LogP contribution in [0.3, 0.4) is 0 Å². The highest BCUT2D eigenvalue weighted by Crippen LogP contribution is 2.21. The van der Waals surface area contributed by atoms with Gasteiger partial charge in [0.05, 0.1) is 6.04 Å². The number of nitrogens with one attached hydrogen (secondary N) is 2. The van der Waals surface area contributed by atoms with Crippen LogP contribution in [0.2, 0.25) is 0 Å². The van der Waals surface area contributed by atoms with Crippen molar-refractivity contribution in [1.82, 2.24) is 10.6 Å². The molecule has 0 aliphatic carbocycles. The van der Waals surface area contributed by atoms with Crippen LogP contribution in [-0.4, -0.2) is 18.2 Å². The quantitative estimate of drug-likeness (QED) is 0.567. The topological polar surface area (TPSA) is 50.1 Å². The Kier molecular flexibility index (Phi) is 6.19. The molecule has 0 amide bonds. The van der Waals surface area contributed by atoms with Crippen LogP contribution in [0.5, 0.6) is 0 Å². The molecular formula is C17H21N3S. The fourth-order valence-corrected chi connectivity index (χ4v) is 2.36. The second-order valence-corrected chi connectivity index (χ2v) is 5.21. The standard InChI is InChI=1S/C17H21N3S/c18-12-7-13-19-17(21)20-16(14-8-3-1-4-9-14)15-10-5-2-6-11-15/h1-6,8-11,16H,7,12-13,18H2,(H2,19,20,21). The van der Waals surface area contributed by atoms with Gasteiger partial charge < -0.3 is 16.4 Å². The Balaban J connectivity index is 2.12. The van der Waals surface area contributed by atoms with Gasteiger partial charge in [-0.25, -0.2) is 0 Å². The summed E-state index contributed by atoms with van der Waals surface area (Å²) in [5.41, 5.74) is 7.87. The van der Waals surface area contributed by atoms with Gasteiger partial charge in [-0.15, -0.1) is 0 Å². The van der Waals surface area contributed by atoms with E-state index in [0.717, 1.165) is 13.0 Å². The predicted molar refractivity (Wildman–Crippen MR) is 92.1 cm³/mol. The van der Waals surface area contributed by atoms with Gasteiger partial charge in [-0.05, 0) is 36.3 Å². The van der Waals surface area contributed by atoms with Gasteiger partial charge in [0.1, 0.15) is 0 Å². The van der Waals surface area contributed by atoms with E-state index in [-0.39, 0.29) is 6.04 Å². The normalized spacial score (nSPS) is 10.4. The zero-order chi connectivity index (χ0) is 14.9. The van der Waals surface area contributed by atoms with E-state index in [0.29, 0.717) is 11.7 Å². The van der Waals surface area contributed by atoms with Gasteiger partial charge in [0, 0.05) is 6.54 Å². The number of rotatable bonds is 6. The third-order valence-electron chi connectivity index (χ3n) is 3.21. The molecule has 0 aromatic heterocycles. The maximum absolute atomic E-state index is 5.49. The Morgan fingerprint density at radius 2 is 1.48 bits per heavy atom. The fraction of sp³-hybridized carbons (Fsp3) is 0.235. The molecule has 2 aromatic rings. The predicted octanol–water partition coefficient (Wildman–Crippen LogP) is 2.59. The van der Waals surface area contributed by atoms with Crippen molar-refractivity contribution in [2.45, 2.75) is 12.5 Å². The first-order valence-corrected chi connectivity index (χ1v) is 7.56. The second-order valence-electron chi connectivity index (χ2n) is 4.80. The Morgan fingerprint density at radius 1 is 0.952 bits per heavy atom. The lowest BCUT2D eigenvalue weighted by Gasteiger charge is -2.22. The number of hydrogen-bond acceptors (Lipinski definition) is 2. The van der Waals surface area contributed by atoms with E-state index in [1.54, 1.807) is 0 Å². The molecule has 0 fully saturated rings. The van der Waals surface area contributed by atoms with E-state index in [1.807, 2.05) is 36.4 Å². The van der Waals surface area contributed by atoms with E-state index < -0.39 is 0 Å². The van der Waals surface area contributed by atoms with Crippen molar-refractivity contribution >= 4 is 17.3 Å². The molecule has 0 spiro atoms. The second kappa shape index (κ2) is 8.39. The third-order valence-corrected chi connectivity index (χ3v) is 3.47. The van der Waals surface area contributed by atoms with Crippen LogP contribution in [-0.2, 0) is 0 Å². The molecule has 2 rings (SSSR count). The van der Waals surface area contributed by atoms with Crippen molar-refractivity contribution in [1.29, 1.82) is 0 Å². The largest absolute Gasteiger partial charge is 0.363 e. The van der Waals surface area contributed by atoms with Crippen molar-refractivity contribution in [2.75, 3.05) is 13.1 Å². The van der Waals surface area contributed by atoms with Gasteiger partial charge in [0.25, 0.3) is 0 Å². The number of benzene rings is 2. The molecule has 21 heavy (non-hydrogen) atoms. The minimum atomic E-state index is 0.0466. The van der Waals surface area contributed by atoms with Crippen molar-refractivity contribution < 1.29 is 0 Å². The molecule has 4 heteroatoms. The summed E-state index contributed by atoms with van der Waals surface area (Å²) in [4.78, 5) is 0. The van der Waals surface area contributed by atoms with Crippen molar-refractivity contribution in [3.63, 3.8) is 0 Å². The summed E-state index contributed by atoms with van der Waals surface area (Å²) in [6, 6.07) is 20.7. The van der Waals surface area contributed by atoms with E-state index in [4.69, 9.17) is 18.0 Å². The van der Waals surface area contributed by atoms with Gasteiger partial charge in [0.15, 0.2) is 5.11 Å². The summed E-state index contributed by atoms with van der Waals surface area (Å²) >= 11 is 5.38. The van der Waals surface area contributed by atoms with E-state index in [2.05, 4.69) is 34.9 Å². The number of nitrogens with two attached hydrogens (primary N) is 1. The molecule has 0 saturated heterocycles. The molecular weight excluding hydrogens is 278 g/mol. The van der Waals surface area contributed by atoms with E-state index in [1.165, 1.54) is 11.1 Å². The highest BCUT2D eigenvalue weighted by molar-refractivity contribution is 7.80. The molecule has 2 aromatic carbocycles. The van der Waals surface area contributed by atoms with Gasteiger partial charge in [0.2, 0.25) is 0 Å². The van der Waals surface area contributed by atoms with Crippen molar-refractivity contribution in [3.8, 4) is 0 Å². The summed E-state index contributed by atoms with van der Waals surface area (Å²) in [6.07, 6.45) is 0.906. The Labute approximate surface area is 131 Å². The molecule has 0 aliphatic heterocycles. The van der Waals surface area contributed by atoms with Gasteiger partial charge in [-0.2, -0.15) is 0 Å². The molecule has 0 atom stereocenters. The van der Waals surface area contributed by atoms with Crippen LogP contribution in [0.25, 0.3) is 0 Å². The van der Waals surface area contributed by atoms with Crippen LogP contribution in [0.1, 0.15) is 23.6 Å². The molecule has 110 valence electrons. The Hall–Kier alpha value is -1.91. The highest BCUT2D eigenvalue weighted by Gasteiger charge is 2.14. The summed E-state index contributed by atoms with van der Waals surface area (Å²) in [5.74, 6) is 0. The molecule has 4 N–H and O–H groups in total. The van der Waals surface area contributed by atoms with Crippen molar-refractivity contribution in [2.24, 2.45) is 5.73 Å². The zero-order valence-corrected chi connectivity index (χ0v) is 12.8. The zero-order valence-electron chi connectivity index (χ0n) is 12.0. The lowest BCUT2D eigenvalue weighted by molar-refractivity contribution is 0.718. The molecule has 0 heterocycles. The minimum Gasteiger partial charge on any atom is -0.363 e. The van der Waals surface area contributed by atoms with Crippen LogP contribution in [0, 0.1) is 0 Å². The van der Waals surface area contributed by atoms with Crippen molar-refractivity contribution in [3.05, 3.63) is 71.8 Å². The molecule has 0 radical (unpaired) electrons. The van der Waals surface area contributed by atoms with Gasteiger partial charge >= 0.3 is 0 Å². The SMILES string of the molecule is NCCCNC(=S)NC(c1ccccc1)c1ccccc1. The minimum absolute atomic E-state index is 0.0466. The molecule has 0 saturated carbocycles. The first-order valence-electron chi connectivity index (χ1n) is 7.15. The summed E-state index contributed by atoms with van der Waals surface area (Å²) in [7, 11) is 0. The number of thiocarbonyl (C=S) groups is 1. The smallest absolute Gasteiger partial charge is 0.167 e. The third kappa shape index (κ3) is 4.85. The first kappa shape index (κ1) is 15.5. The van der Waals surface area contributed by atoms with E-state index in [9.17, 15) is 0 Å². The maximum atomic E-state index is 5.49. The van der Waals surface area contributed by atoms with Crippen LogP contribution in [0.4, 0.5) is 0 Å². The molecule has 0 unspecified atom stereocenters. The summed E-state index contributed by atoms with van der Waals surface area (Å²) < 4.78 is 0. The van der Waals surface area contributed by atoms with Crippen LogP contribution >= 0.6 is 12.2 Å². The summed E-state index contributed by atoms with van der Waals surface area (Å²) in [6.45, 7) is 1.45. The van der Waals surface area contributed by atoms with Crippen LogP contribution in [0.15, 0.2) is 60.7 Å². The fourth-order valence-electron chi connectivity index (χ4n) is 2.14. The molecule has 0 bridgehead atoms. The van der Waals surface area contributed by atoms with E-state index >= 15 is 0 Å². The summed E-state index contributed by atoms with van der Waals surface area (Å²) in [5, 5.41) is 7.24. The first-order chi connectivity index (χ1) is 10.3. The molecule has 0 aliphatic rings. The highest BCUT2D eigenvalue weighted by atomic mass is 32.1. The van der Waals surface area contributed by atoms with Crippen LogP contribution < -0.4 is 16.4 Å². The maximum Gasteiger partial charge on any atom is 0.167 e. The Bertz CT molecular complexity index is 503. The molecule has 3 nitrogen and oxygen atoms in total. The van der Waals surface area contributed by atoms with Gasteiger partial charge in [-0.3, -0.25) is 0 Å². The monoisotopic (exact) mass is 299 g/mol. The van der Waals surface area contributed by atoms with Gasteiger partial charge in [-0.1, -0.05) is 60.7 Å². The Morgan fingerprint density at radius 3 is 1.95 bits per heavy atom. The lowest BCUT2D eigenvalue weighted by atomic mass is 9.99. The average Bonchev–Trinajstić information content (AvgIpc) is 2.54. The lowest BCUT2D eigenvalue weighted by Crippen LogP contribution is -2.39. The average molecular weight is 299 g/mol.